The molecule has 18 heavy (non-hydrogen) atoms. The molecule has 0 aliphatic rings. The van der Waals surface area contributed by atoms with E-state index in [2.05, 4.69) is 20.9 Å². The number of aromatic nitrogens is 1. The Labute approximate surface area is 115 Å². The monoisotopic (exact) mass is 306 g/mol. The Morgan fingerprint density at radius 1 is 1.28 bits per heavy atom. The first-order chi connectivity index (χ1) is 8.72. The third kappa shape index (κ3) is 2.89. The summed E-state index contributed by atoms with van der Waals surface area (Å²) in [5.41, 5.74) is 8.88. The number of halogens is 1. The standard InChI is InChI=1S/C14H15BrN2O/c1-10-6-7-17-14(12(10)8-16)18-9-11-4-2-3-5-13(11)15/h2-7H,8-9,16H2,1H3. The van der Waals surface area contributed by atoms with Crippen LogP contribution in [0.15, 0.2) is 41.0 Å². The number of aryl methyl sites for hydroxylation is 1. The minimum Gasteiger partial charge on any atom is -0.473 e. The van der Waals surface area contributed by atoms with Crippen LogP contribution in [0.2, 0.25) is 0 Å². The van der Waals surface area contributed by atoms with E-state index in [0.29, 0.717) is 19.0 Å². The molecular formula is C14H15BrN2O. The molecule has 2 aromatic rings. The van der Waals surface area contributed by atoms with Crippen molar-refractivity contribution < 1.29 is 4.74 Å². The van der Waals surface area contributed by atoms with Crippen LogP contribution in [-0.4, -0.2) is 4.98 Å². The highest BCUT2D eigenvalue weighted by molar-refractivity contribution is 9.10. The van der Waals surface area contributed by atoms with Crippen molar-refractivity contribution in [3.8, 4) is 5.88 Å². The van der Waals surface area contributed by atoms with Gasteiger partial charge in [0.2, 0.25) is 5.88 Å². The molecular weight excluding hydrogens is 292 g/mol. The lowest BCUT2D eigenvalue weighted by molar-refractivity contribution is 0.289. The van der Waals surface area contributed by atoms with E-state index in [0.717, 1.165) is 21.2 Å². The lowest BCUT2D eigenvalue weighted by atomic mass is 10.1. The van der Waals surface area contributed by atoms with Crippen LogP contribution < -0.4 is 10.5 Å². The van der Waals surface area contributed by atoms with E-state index in [9.17, 15) is 0 Å². The van der Waals surface area contributed by atoms with Gasteiger partial charge in [-0.15, -0.1) is 0 Å². The van der Waals surface area contributed by atoms with Gasteiger partial charge in [-0.3, -0.25) is 0 Å². The Hall–Kier alpha value is -1.39. The fourth-order valence-corrected chi connectivity index (χ4v) is 2.10. The second-order valence-corrected chi connectivity index (χ2v) is 4.85. The molecule has 0 fully saturated rings. The highest BCUT2D eigenvalue weighted by Gasteiger charge is 2.07. The summed E-state index contributed by atoms with van der Waals surface area (Å²) in [4.78, 5) is 4.24. The SMILES string of the molecule is Cc1ccnc(OCc2ccccc2Br)c1CN. The molecule has 0 amide bonds. The van der Waals surface area contributed by atoms with E-state index in [4.69, 9.17) is 10.5 Å². The quantitative estimate of drug-likeness (QED) is 0.943. The van der Waals surface area contributed by atoms with Crippen molar-refractivity contribution in [3.63, 3.8) is 0 Å². The number of benzene rings is 1. The Morgan fingerprint density at radius 2 is 2.06 bits per heavy atom. The minimum atomic E-state index is 0.435. The van der Waals surface area contributed by atoms with Crippen molar-refractivity contribution in [1.29, 1.82) is 0 Å². The normalized spacial score (nSPS) is 10.4. The number of nitrogens with zero attached hydrogens (tertiary/aromatic N) is 1. The first-order valence-electron chi connectivity index (χ1n) is 5.73. The fraction of sp³-hybridized carbons (Fsp3) is 0.214. The van der Waals surface area contributed by atoms with Gasteiger partial charge >= 0.3 is 0 Å². The highest BCUT2D eigenvalue weighted by atomic mass is 79.9. The van der Waals surface area contributed by atoms with Gasteiger partial charge in [0.25, 0.3) is 0 Å². The average molecular weight is 307 g/mol. The van der Waals surface area contributed by atoms with E-state index in [-0.39, 0.29) is 0 Å². The van der Waals surface area contributed by atoms with Crippen molar-refractivity contribution in [2.24, 2.45) is 5.73 Å². The Kier molecular flexibility index (Phi) is 4.33. The van der Waals surface area contributed by atoms with Gasteiger partial charge in [-0.1, -0.05) is 34.1 Å². The highest BCUT2D eigenvalue weighted by Crippen LogP contribution is 2.21. The summed E-state index contributed by atoms with van der Waals surface area (Å²) < 4.78 is 6.79. The summed E-state index contributed by atoms with van der Waals surface area (Å²) in [5.74, 6) is 0.619. The summed E-state index contributed by atoms with van der Waals surface area (Å²) in [6, 6.07) is 9.91. The van der Waals surface area contributed by atoms with Crippen LogP contribution in [0, 0.1) is 6.92 Å². The predicted molar refractivity (Wildman–Crippen MR) is 75.3 cm³/mol. The van der Waals surface area contributed by atoms with Crippen LogP contribution in [0.5, 0.6) is 5.88 Å². The molecule has 0 saturated heterocycles. The van der Waals surface area contributed by atoms with Crippen molar-refractivity contribution in [1.82, 2.24) is 4.98 Å². The molecule has 0 saturated carbocycles. The lowest BCUT2D eigenvalue weighted by Crippen LogP contribution is -2.06. The van der Waals surface area contributed by atoms with Gasteiger partial charge in [-0.05, 0) is 24.6 Å². The van der Waals surface area contributed by atoms with E-state index in [1.54, 1.807) is 6.20 Å². The predicted octanol–water partition coefficient (Wildman–Crippen LogP) is 3.19. The van der Waals surface area contributed by atoms with Crippen molar-refractivity contribution >= 4 is 15.9 Å². The van der Waals surface area contributed by atoms with E-state index < -0.39 is 0 Å². The zero-order chi connectivity index (χ0) is 13.0. The molecule has 0 unspecified atom stereocenters. The largest absolute Gasteiger partial charge is 0.473 e. The third-order valence-corrected chi connectivity index (χ3v) is 3.55. The fourth-order valence-electron chi connectivity index (χ4n) is 1.70. The summed E-state index contributed by atoms with van der Waals surface area (Å²) in [6.45, 7) is 2.92. The lowest BCUT2D eigenvalue weighted by Gasteiger charge is -2.11. The molecule has 2 N–H and O–H groups in total. The average Bonchev–Trinajstić information content (AvgIpc) is 2.38. The van der Waals surface area contributed by atoms with Crippen LogP contribution in [0.4, 0.5) is 0 Å². The Bertz CT molecular complexity index is 543. The second kappa shape index (κ2) is 5.98. The number of rotatable bonds is 4. The summed E-state index contributed by atoms with van der Waals surface area (Å²) in [5, 5.41) is 0. The zero-order valence-electron chi connectivity index (χ0n) is 10.2. The maximum Gasteiger partial charge on any atom is 0.218 e. The van der Waals surface area contributed by atoms with Crippen molar-refractivity contribution in [3.05, 3.63) is 57.7 Å². The minimum absolute atomic E-state index is 0.435. The van der Waals surface area contributed by atoms with Crippen molar-refractivity contribution in [2.75, 3.05) is 0 Å². The van der Waals surface area contributed by atoms with Crippen molar-refractivity contribution in [2.45, 2.75) is 20.1 Å². The molecule has 0 bridgehead atoms. The third-order valence-electron chi connectivity index (χ3n) is 2.78. The molecule has 2 rings (SSSR count). The van der Waals surface area contributed by atoms with Gasteiger partial charge in [0.05, 0.1) is 0 Å². The van der Waals surface area contributed by atoms with Crippen LogP contribution in [0.3, 0.4) is 0 Å². The van der Waals surface area contributed by atoms with Gasteiger partial charge in [0.1, 0.15) is 6.61 Å². The molecule has 0 radical (unpaired) electrons. The van der Waals surface area contributed by atoms with E-state index in [1.165, 1.54) is 0 Å². The molecule has 3 nitrogen and oxygen atoms in total. The molecule has 1 heterocycles. The summed E-state index contributed by atoms with van der Waals surface area (Å²) in [7, 11) is 0. The van der Waals surface area contributed by atoms with Crippen LogP contribution >= 0.6 is 15.9 Å². The maximum atomic E-state index is 5.75. The topological polar surface area (TPSA) is 48.1 Å². The molecule has 0 atom stereocenters. The Balaban J connectivity index is 2.16. The number of nitrogens with two attached hydrogens (primary N) is 1. The molecule has 1 aromatic carbocycles. The van der Waals surface area contributed by atoms with Gasteiger partial charge in [0, 0.05) is 28.3 Å². The maximum absolute atomic E-state index is 5.75. The molecule has 94 valence electrons. The van der Waals surface area contributed by atoms with Crippen LogP contribution in [0.1, 0.15) is 16.7 Å². The smallest absolute Gasteiger partial charge is 0.218 e. The molecule has 0 aliphatic heterocycles. The van der Waals surface area contributed by atoms with E-state index in [1.807, 2.05) is 37.3 Å². The number of ether oxygens (including phenoxy) is 1. The van der Waals surface area contributed by atoms with Crippen LogP contribution in [0.25, 0.3) is 0 Å². The van der Waals surface area contributed by atoms with Gasteiger partial charge in [-0.2, -0.15) is 0 Å². The van der Waals surface area contributed by atoms with E-state index >= 15 is 0 Å². The summed E-state index contributed by atoms with van der Waals surface area (Å²) >= 11 is 3.49. The van der Waals surface area contributed by atoms with Gasteiger partial charge in [-0.25, -0.2) is 4.98 Å². The van der Waals surface area contributed by atoms with Crippen LogP contribution in [-0.2, 0) is 13.2 Å². The zero-order valence-corrected chi connectivity index (χ0v) is 11.8. The number of hydrogen-bond donors (Lipinski definition) is 1. The molecule has 0 spiro atoms. The number of hydrogen-bond acceptors (Lipinski definition) is 3. The second-order valence-electron chi connectivity index (χ2n) is 4.00. The van der Waals surface area contributed by atoms with Gasteiger partial charge in [0.15, 0.2) is 0 Å². The number of pyridine rings is 1. The first-order valence-corrected chi connectivity index (χ1v) is 6.52. The molecule has 1 aromatic heterocycles. The molecule has 4 heteroatoms. The Morgan fingerprint density at radius 3 is 2.78 bits per heavy atom. The summed E-state index contributed by atoms with van der Waals surface area (Å²) in [6.07, 6.45) is 1.74. The first kappa shape index (κ1) is 13.1. The van der Waals surface area contributed by atoms with Gasteiger partial charge < -0.3 is 10.5 Å². The molecule has 0 aliphatic carbocycles.